The Morgan fingerprint density at radius 1 is 1.05 bits per heavy atom. The van der Waals surface area contributed by atoms with Crippen molar-refractivity contribution in [1.82, 2.24) is 10.2 Å². The van der Waals surface area contributed by atoms with Crippen molar-refractivity contribution in [2.24, 2.45) is 29.6 Å². The second-order valence-corrected chi connectivity index (χ2v) is 8.51. The summed E-state index contributed by atoms with van der Waals surface area (Å²) in [6, 6.07) is 1.59. The van der Waals surface area contributed by atoms with Crippen molar-refractivity contribution in [3.05, 3.63) is 0 Å². The van der Waals surface area contributed by atoms with E-state index in [2.05, 4.69) is 24.1 Å². The number of hydrogen-bond acceptors (Lipinski definition) is 2. The number of hydrogen-bond donors (Lipinski definition) is 1. The van der Waals surface area contributed by atoms with Gasteiger partial charge in [0.05, 0.1) is 0 Å². The molecule has 0 aromatic heterocycles. The quantitative estimate of drug-likeness (QED) is 0.852. The summed E-state index contributed by atoms with van der Waals surface area (Å²) in [6.45, 7) is 8.69. The molecular weight excluding hydrogens is 256 g/mol. The maximum Gasteiger partial charge on any atom is 0.0103 e. The Morgan fingerprint density at radius 2 is 1.90 bits per heavy atom. The molecule has 4 aliphatic rings. The minimum absolute atomic E-state index is 0.726. The molecule has 7 atom stereocenters. The molecule has 1 saturated heterocycles. The minimum Gasteiger partial charge on any atom is -0.311 e. The highest BCUT2D eigenvalue weighted by Crippen LogP contribution is 2.58. The fourth-order valence-electron chi connectivity index (χ4n) is 6.52. The third kappa shape index (κ3) is 2.57. The Balaban J connectivity index is 1.34. The first kappa shape index (κ1) is 14.5. The van der Waals surface area contributed by atoms with Crippen LogP contribution in [0, 0.1) is 29.6 Å². The average molecular weight is 290 g/mol. The lowest BCUT2D eigenvalue weighted by molar-refractivity contribution is 0.134. The molecule has 0 aromatic rings. The molecule has 2 heteroatoms. The van der Waals surface area contributed by atoms with E-state index in [0.717, 1.165) is 41.7 Å². The Bertz CT molecular complexity index is 369. The van der Waals surface area contributed by atoms with Crippen LogP contribution >= 0.6 is 0 Å². The lowest BCUT2D eigenvalue weighted by atomic mass is 9.78. The SMILES string of the molecule is CCN1CCCC(C(C)NC2CC3CC2C2CCCC32)C1. The van der Waals surface area contributed by atoms with Gasteiger partial charge in [-0.25, -0.2) is 0 Å². The number of likely N-dealkylation sites (tertiary alicyclic amines) is 1. The molecule has 1 N–H and O–H groups in total. The Kier molecular flexibility index (Phi) is 4.04. The molecule has 1 aliphatic heterocycles. The standard InChI is InChI=1S/C19H34N2/c1-3-21-9-5-6-14(12-21)13(2)20-19-11-15-10-18(19)17-8-4-7-16(15)17/h13-20H,3-12H2,1-2H3. The fraction of sp³-hybridized carbons (Fsp3) is 1.00. The molecule has 1 heterocycles. The maximum absolute atomic E-state index is 4.11. The zero-order chi connectivity index (χ0) is 14.4. The van der Waals surface area contributed by atoms with Crippen LogP contribution < -0.4 is 5.32 Å². The summed E-state index contributed by atoms with van der Waals surface area (Å²) < 4.78 is 0. The maximum atomic E-state index is 4.11. The Morgan fingerprint density at radius 3 is 2.76 bits per heavy atom. The van der Waals surface area contributed by atoms with Crippen LogP contribution in [0.1, 0.15) is 58.8 Å². The van der Waals surface area contributed by atoms with Gasteiger partial charge in [0.2, 0.25) is 0 Å². The van der Waals surface area contributed by atoms with E-state index in [1.165, 1.54) is 45.3 Å². The molecule has 3 saturated carbocycles. The summed E-state index contributed by atoms with van der Waals surface area (Å²) in [5.41, 5.74) is 0. The molecule has 0 spiro atoms. The molecule has 4 fully saturated rings. The Hall–Kier alpha value is -0.0800. The van der Waals surface area contributed by atoms with Crippen LogP contribution in [0.15, 0.2) is 0 Å². The third-order valence-electron chi connectivity index (χ3n) is 7.60. The minimum atomic E-state index is 0.726. The molecule has 4 rings (SSSR count). The topological polar surface area (TPSA) is 15.3 Å². The predicted molar refractivity (Wildman–Crippen MR) is 88.3 cm³/mol. The number of nitrogens with zero attached hydrogens (tertiary/aromatic N) is 1. The van der Waals surface area contributed by atoms with Crippen molar-refractivity contribution in [2.45, 2.75) is 70.9 Å². The highest BCUT2D eigenvalue weighted by molar-refractivity contribution is 5.06. The summed E-state index contributed by atoms with van der Waals surface area (Å²) >= 11 is 0. The highest BCUT2D eigenvalue weighted by atomic mass is 15.1. The van der Waals surface area contributed by atoms with E-state index in [9.17, 15) is 0 Å². The number of rotatable bonds is 4. The molecule has 0 aromatic carbocycles. The van der Waals surface area contributed by atoms with Gasteiger partial charge in [0, 0.05) is 18.6 Å². The van der Waals surface area contributed by atoms with Crippen molar-refractivity contribution in [1.29, 1.82) is 0 Å². The summed E-state index contributed by atoms with van der Waals surface area (Å²) in [7, 11) is 0. The van der Waals surface area contributed by atoms with Crippen molar-refractivity contribution >= 4 is 0 Å². The summed E-state index contributed by atoms with van der Waals surface area (Å²) in [4.78, 5) is 2.65. The molecule has 3 aliphatic carbocycles. The van der Waals surface area contributed by atoms with E-state index in [4.69, 9.17) is 0 Å². The van der Waals surface area contributed by atoms with Gasteiger partial charge in [-0.15, -0.1) is 0 Å². The van der Waals surface area contributed by atoms with Gasteiger partial charge in [-0.05, 0) is 88.1 Å². The van der Waals surface area contributed by atoms with Gasteiger partial charge < -0.3 is 10.2 Å². The van der Waals surface area contributed by atoms with Crippen LogP contribution in [0.2, 0.25) is 0 Å². The van der Waals surface area contributed by atoms with Crippen LogP contribution in [-0.2, 0) is 0 Å². The largest absolute Gasteiger partial charge is 0.311 e. The van der Waals surface area contributed by atoms with E-state index >= 15 is 0 Å². The molecule has 0 radical (unpaired) electrons. The normalized spacial score (nSPS) is 47.7. The van der Waals surface area contributed by atoms with E-state index in [-0.39, 0.29) is 0 Å². The second kappa shape index (κ2) is 5.85. The number of piperidine rings is 1. The molecule has 7 unspecified atom stereocenters. The smallest absolute Gasteiger partial charge is 0.0103 e. The summed E-state index contributed by atoms with van der Waals surface area (Å²) in [5, 5.41) is 4.11. The first-order chi connectivity index (χ1) is 10.3. The van der Waals surface area contributed by atoms with E-state index < -0.39 is 0 Å². The third-order valence-corrected chi connectivity index (χ3v) is 7.60. The van der Waals surface area contributed by atoms with Gasteiger partial charge in [0.15, 0.2) is 0 Å². The van der Waals surface area contributed by atoms with Gasteiger partial charge in [-0.3, -0.25) is 0 Å². The summed E-state index contributed by atoms with van der Waals surface area (Å²) in [5.74, 6) is 5.25. The van der Waals surface area contributed by atoms with Crippen LogP contribution in [0.25, 0.3) is 0 Å². The molecular formula is C19H34N2. The van der Waals surface area contributed by atoms with Gasteiger partial charge >= 0.3 is 0 Å². The van der Waals surface area contributed by atoms with Crippen LogP contribution in [0.3, 0.4) is 0 Å². The van der Waals surface area contributed by atoms with Crippen molar-refractivity contribution in [3.8, 4) is 0 Å². The molecule has 2 bridgehead atoms. The first-order valence-electron chi connectivity index (χ1n) is 9.74. The van der Waals surface area contributed by atoms with Crippen molar-refractivity contribution in [3.63, 3.8) is 0 Å². The fourth-order valence-corrected chi connectivity index (χ4v) is 6.52. The molecule has 0 amide bonds. The zero-order valence-electron chi connectivity index (χ0n) is 14.1. The molecule has 21 heavy (non-hydrogen) atoms. The van der Waals surface area contributed by atoms with Crippen molar-refractivity contribution in [2.75, 3.05) is 19.6 Å². The first-order valence-corrected chi connectivity index (χ1v) is 9.74. The van der Waals surface area contributed by atoms with Crippen molar-refractivity contribution < 1.29 is 0 Å². The van der Waals surface area contributed by atoms with Crippen LogP contribution in [-0.4, -0.2) is 36.6 Å². The molecule has 120 valence electrons. The summed E-state index contributed by atoms with van der Waals surface area (Å²) in [6.07, 6.45) is 10.5. The van der Waals surface area contributed by atoms with Crippen LogP contribution in [0.5, 0.6) is 0 Å². The van der Waals surface area contributed by atoms with Gasteiger partial charge in [0.25, 0.3) is 0 Å². The zero-order valence-corrected chi connectivity index (χ0v) is 14.1. The number of fused-ring (bicyclic) bond motifs is 5. The van der Waals surface area contributed by atoms with Gasteiger partial charge in [0.1, 0.15) is 0 Å². The average Bonchev–Trinajstić information content (AvgIpc) is 3.19. The monoisotopic (exact) mass is 290 g/mol. The van der Waals surface area contributed by atoms with E-state index in [1.807, 2.05) is 0 Å². The predicted octanol–water partition coefficient (Wildman–Crippen LogP) is 3.52. The van der Waals surface area contributed by atoms with Crippen LogP contribution in [0.4, 0.5) is 0 Å². The number of nitrogens with one attached hydrogen (secondary N) is 1. The second-order valence-electron chi connectivity index (χ2n) is 8.51. The highest BCUT2D eigenvalue weighted by Gasteiger charge is 2.53. The Labute approximate surface area is 131 Å². The lowest BCUT2D eigenvalue weighted by Crippen LogP contribution is -2.50. The van der Waals surface area contributed by atoms with E-state index in [0.29, 0.717) is 0 Å². The lowest BCUT2D eigenvalue weighted by Gasteiger charge is -2.39. The van der Waals surface area contributed by atoms with Gasteiger partial charge in [-0.1, -0.05) is 13.3 Å². The molecule has 2 nitrogen and oxygen atoms in total. The van der Waals surface area contributed by atoms with Gasteiger partial charge in [-0.2, -0.15) is 0 Å². The van der Waals surface area contributed by atoms with E-state index in [1.54, 1.807) is 19.3 Å².